The lowest BCUT2D eigenvalue weighted by molar-refractivity contribution is 0.568. The molecule has 0 radical (unpaired) electrons. The Morgan fingerprint density at radius 1 is 1.10 bits per heavy atom. The number of hydrogen-bond donors (Lipinski definition) is 0. The van der Waals surface area contributed by atoms with Gasteiger partial charge in [0.15, 0.2) is 0 Å². The van der Waals surface area contributed by atoms with Gasteiger partial charge in [0.25, 0.3) is 0 Å². The Morgan fingerprint density at radius 3 is 1.70 bits per heavy atom. The van der Waals surface area contributed by atoms with Gasteiger partial charge in [-0.2, -0.15) is 0 Å². The van der Waals surface area contributed by atoms with Crippen molar-refractivity contribution in [2.75, 3.05) is 6.66 Å². The molecule has 0 bridgehead atoms. The smallest absolute Gasteiger partial charge is 0.125 e. The van der Waals surface area contributed by atoms with Gasteiger partial charge in [0, 0.05) is 18.5 Å². The average molecular weight is 156 g/mol. The van der Waals surface area contributed by atoms with Crippen LogP contribution in [0, 0.1) is 0 Å². The van der Waals surface area contributed by atoms with Crippen LogP contribution in [0.15, 0.2) is 11.6 Å². The fourth-order valence-corrected chi connectivity index (χ4v) is 0.927. The zero-order valence-electron chi connectivity index (χ0n) is 5.33. The van der Waals surface area contributed by atoms with Crippen LogP contribution in [0.2, 0.25) is 0 Å². The molecule has 10 heavy (non-hydrogen) atoms. The molecule has 0 amide bonds. The zero-order valence-corrected chi connectivity index (χ0v) is 6.22. The Morgan fingerprint density at radius 2 is 1.50 bits per heavy atom. The van der Waals surface area contributed by atoms with E-state index in [0.717, 1.165) is 11.6 Å². The molecule has 0 aliphatic heterocycles. The first-order valence-electron chi connectivity index (χ1n) is 2.38. The van der Waals surface area contributed by atoms with E-state index in [1.54, 1.807) is 5.66 Å². The van der Waals surface area contributed by atoms with E-state index in [4.69, 9.17) is 0 Å². The van der Waals surface area contributed by atoms with Crippen LogP contribution in [-0.4, -0.2) is 24.2 Å². The lowest BCUT2D eigenvalue weighted by Gasteiger charge is -1.94. The van der Waals surface area contributed by atoms with Crippen molar-refractivity contribution in [1.29, 1.82) is 0 Å². The highest BCUT2D eigenvalue weighted by atomic mass is 31.2. The molecule has 4 heteroatoms. The molecule has 0 aliphatic carbocycles. The Hall–Kier alpha value is -1.09. The lowest BCUT2D eigenvalue weighted by Crippen LogP contribution is -1.69. The van der Waals surface area contributed by atoms with Gasteiger partial charge in [-0.3, -0.25) is 0 Å². The van der Waals surface area contributed by atoms with Crippen LogP contribution in [0.4, 0.5) is 0 Å². The fourth-order valence-electron chi connectivity index (χ4n) is 0.309. The van der Waals surface area contributed by atoms with Crippen molar-refractivity contribution in [3.05, 3.63) is 11.6 Å². The second-order valence-corrected chi connectivity index (χ2v) is 4.73. The standard InChI is InChI=1S/C6H5O3P/c1-10(6-9,4-2-7)5-3-8/h4-5H,1H3. The summed E-state index contributed by atoms with van der Waals surface area (Å²) >= 11 is 0. The molecule has 0 aromatic heterocycles. The third kappa shape index (κ3) is 2.46. The summed E-state index contributed by atoms with van der Waals surface area (Å²) in [5, 5.41) is 0. The molecule has 0 N–H and O–H groups in total. The normalized spacial score (nSPS) is 13.3. The van der Waals surface area contributed by atoms with Crippen molar-refractivity contribution in [2.24, 2.45) is 0 Å². The summed E-state index contributed by atoms with van der Waals surface area (Å²) in [5.74, 6) is 4.93. The SMILES string of the molecule is CP(=C=O)(C=C=O)C=C=O. The fraction of sp³-hybridized carbons (Fsp3) is 0.167. The first-order chi connectivity index (χ1) is 4.68. The predicted molar refractivity (Wildman–Crippen MR) is 39.1 cm³/mol. The van der Waals surface area contributed by atoms with E-state index in [1.807, 2.05) is 0 Å². The Labute approximate surface area is 58.0 Å². The number of carbonyl (C=O) groups excluding carboxylic acids is 3. The molecule has 52 valence electrons. The molecule has 0 spiro atoms. The van der Waals surface area contributed by atoms with Crippen LogP contribution in [0.25, 0.3) is 0 Å². The van der Waals surface area contributed by atoms with Gasteiger partial charge < -0.3 is 0 Å². The molecule has 0 atom stereocenters. The van der Waals surface area contributed by atoms with Crippen molar-refractivity contribution < 1.29 is 14.4 Å². The molecule has 0 unspecified atom stereocenters. The maximum Gasteiger partial charge on any atom is 0.125 e. The lowest BCUT2D eigenvalue weighted by atomic mass is 11.2. The van der Waals surface area contributed by atoms with Gasteiger partial charge in [-0.05, 0) is 6.66 Å². The quantitative estimate of drug-likeness (QED) is 0.429. The van der Waals surface area contributed by atoms with E-state index in [-0.39, 0.29) is 0 Å². The van der Waals surface area contributed by atoms with Crippen molar-refractivity contribution >= 4 is 24.4 Å². The minimum absolute atomic E-state index is 1.02. The maximum atomic E-state index is 10.1. The van der Waals surface area contributed by atoms with Crippen LogP contribution >= 0.6 is 6.89 Å². The van der Waals surface area contributed by atoms with Gasteiger partial charge >= 0.3 is 0 Å². The highest BCUT2D eigenvalue weighted by molar-refractivity contribution is 7.79. The minimum atomic E-state index is -2.35. The molecule has 0 fully saturated rings. The number of rotatable bonds is 2. The molecule has 0 saturated carbocycles. The van der Waals surface area contributed by atoms with Crippen molar-refractivity contribution in [3.63, 3.8) is 0 Å². The average Bonchev–Trinajstić information content (AvgIpc) is 1.89. The van der Waals surface area contributed by atoms with Gasteiger partial charge in [0.1, 0.15) is 17.5 Å². The van der Waals surface area contributed by atoms with E-state index in [1.165, 1.54) is 18.5 Å². The first kappa shape index (κ1) is 8.91. The Kier molecular flexibility index (Phi) is 3.43. The molecule has 0 saturated heterocycles. The molecular weight excluding hydrogens is 151 g/mol. The summed E-state index contributed by atoms with van der Waals surface area (Å²) in [6.07, 6.45) is 0. The molecule has 0 aliphatic rings. The van der Waals surface area contributed by atoms with Gasteiger partial charge in [-0.15, -0.1) is 0 Å². The summed E-state index contributed by atoms with van der Waals surface area (Å²) in [6.45, 7) is -0.885. The first-order valence-corrected chi connectivity index (χ1v) is 4.75. The third-order valence-corrected chi connectivity index (χ3v) is 2.52. The van der Waals surface area contributed by atoms with Crippen LogP contribution in [0.1, 0.15) is 0 Å². The van der Waals surface area contributed by atoms with Gasteiger partial charge in [-0.1, -0.05) is 0 Å². The second-order valence-electron chi connectivity index (χ2n) is 1.73. The van der Waals surface area contributed by atoms with E-state index < -0.39 is 6.89 Å². The van der Waals surface area contributed by atoms with Gasteiger partial charge in [0.05, 0.1) is 0 Å². The van der Waals surface area contributed by atoms with Crippen molar-refractivity contribution in [1.82, 2.24) is 0 Å². The Bertz CT molecular complexity index is 264. The topological polar surface area (TPSA) is 51.2 Å². The zero-order chi connectivity index (χ0) is 8.04. The molecule has 0 rings (SSSR count). The van der Waals surface area contributed by atoms with E-state index >= 15 is 0 Å². The summed E-state index contributed by atoms with van der Waals surface area (Å²) in [4.78, 5) is 29.7. The van der Waals surface area contributed by atoms with Gasteiger partial charge in [-0.25, -0.2) is 14.4 Å². The van der Waals surface area contributed by atoms with E-state index in [0.29, 0.717) is 0 Å². The summed E-state index contributed by atoms with van der Waals surface area (Å²) < 4.78 is 0. The molecule has 0 aromatic carbocycles. The van der Waals surface area contributed by atoms with Crippen molar-refractivity contribution in [2.45, 2.75) is 0 Å². The van der Waals surface area contributed by atoms with Crippen LogP contribution in [0.5, 0.6) is 0 Å². The Balaban J connectivity index is 5.14. The van der Waals surface area contributed by atoms with Gasteiger partial charge in [0.2, 0.25) is 0 Å². The second kappa shape index (κ2) is 3.85. The monoisotopic (exact) mass is 156 g/mol. The summed E-state index contributed by atoms with van der Waals surface area (Å²) in [5.41, 5.74) is 1.61. The van der Waals surface area contributed by atoms with Crippen LogP contribution in [0.3, 0.4) is 0 Å². The molecule has 3 nitrogen and oxygen atoms in total. The van der Waals surface area contributed by atoms with Crippen LogP contribution in [-0.2, 0) is 14.4 Å². The minimum Gasteiger partial charge on any atom is -0.234 e. The largest absolute Gasteiger partial charge is 0.234 e. The predicted octanol–water partition coefficient (Wildman–Crippen LogP) is 0.392. The molecular formula is C6H5O3P. The van der Waals surface area contributed by atoms with Crippen molar-refractivity contribution in [3.8, 4) is 0 Å². The molecule has 0 heterocycles. The van der Waals surface area contributed by atoms with E-state index in [9.17, 15) is 14.4 Å². The number of hydrogen-bond acceptors (Lipinski definition) is 3. The highest BCUT2D eigenvalue weighted by Gasteiger charge is 2.02. The summed E-state index contributed by atoms with van der Waals surface area (Å²) in [6, 6.07) is 0. The summed E-state index contributed by atoms with van der Waals surface area (Å²) in [7, 11) is 0. The highest BCUT2D eigenvalue weighted by Crippen LogP contribution is 2.42. The van der Waals surface area contributed by atoms with E-state index in [2.05, 4.69) is 0 Å². The van der Waals surface area contributed by atoms with Crippen LogP contribution < -0.4 is 0 Å². The molecule has 0 aromatic rings. The maximum absolute atomic E-state index is 10.1. The third-order valence-electron chi connectivity index (χ3n) is 0.838.